The van der Waals surface area contributed by atoms with Crippen LogP contribution in [0, 0.1) is 11.2 Å². The normalized spacial score (nSPS) is 15.3. The first kappa shape index (κ1) is 15.0. The van der Waals surface area contributed by atoms with Gasteiger partial charge in [0.2, 0.25) is 0 Å². The molecule has 0 saturated heterocycles. The summed E-state index contributed by atoms with van der Waals surface area (Å²) in [6.45, 7) is 10.6. The maximum absolute atomic E-state index is 13.9. The molecule has 0 spiro atoms. The van der Waals surface area contributed by atoms with Gasteiger partial charge >= 0.3 is 0 Å². The fourth-order valence-electron chi connectivity index (χ4n) is 1.70. The van der Waals surface area contributed by atoms with Gasteiger partial charge in [-0.25, -0.2) is 4.39 Å². The first-order valence-corrected chi connectivity index (χ1v) is 6.35. The topological polar surface area (TPSA) is 21.3 Å². The second kappa shape index (κ2) is 5.70. The second-order valence-electron chi connectivity index (χ2n) is 5.86. The molecule has 0 radical (unpaired) electrons. The molecule has 0 aliphatic heterocycles. The smallest absolute Gasteiger partial charge is 0.131 e. The lowest BCUT2D eigenvalue weighted by atomic mass is 9.87. The first-order chi connectivity index (χ1) is 8.25. The Morgan fingerprint density at radius 2 is 1.83 bits per heavy atom. The van der Waals surface area contributed by atoms with Crippen molar-refractivity contribution in [2.24, 2.45) is 5.41 Å². The van der Waals surface area contributed by atoms with Gasteiger partial charge in [-0.2, -0.15) is 0 Å². The lowest BCUT2D eigenvalue weighted by Gasteiger charge is -2.31. The molecule has 2 atom stereocenters. The van der Waals surface area contributed by atoms with Crippen LogP contribution in [0.3, 0.4) is 0 Å². The van der Waals surface area contributed by atoms with Crippen molar-refractivity contribution in [3.8, 4) is 5.75 Å². The molecular weight excluding hydrogens is 229 g/mol. The third-order valence-corrected chi connectivity index (χ3v) is 3.47. The molecule has 2 nitrogen and oxygen atoms in total. The van der Waals surface area contributed by atoms with Gasteiger partial charge < -0.3 is 10.1 Å². The minimum atomic E-state index is -0.226. The van der Waals surface area contributed by atoms with Crippen molar-refractivity contribution in [2.45, 2.75) is 46.7 Å². The Kier molecular flexibility index (Phi) is 4.74. The van der Waals surface area contributed by atoms with Crippen LogP contribution < -0.4 is 10.1 Å². The van der Waals surface area contributed by atoms with E-state index in [4.69, 9.17) is 4.74 Å². The fraction of sp³-hybridized carbons (Fsp3) is 0.600. The molecule has 102 valence electrons. The van der Waals surface area contributed by atoms with E-state index in [1.807, 2.05) is 6.92 Å². The largest absolute Gasteiger partial charge is 0.497 e. The Bertz CT molecular complexity index is 398. The van der Waals surface area contributed by atoms with Crippen LogP contribution in [0.2, 0.25) is 0 Å². The Hall–Kier alpha value is -1.09. The Morgan fingerprint density at radius 3 is 2.28 bits per heavy atom. The van der Waals surface area contributed by atoms with Crippen LogP contribution in [0.4, 0.5) is 4.39 Å². The third kappa shape index (κ3) is 3.70. The molecule has 0 amide bonds. The van der Waals surface area contributed by atoms with Crippen LogP contribution in [-0.4, -0.2) is 13.2 Å². The molecule has 0 saturated carbocycles. The molecule has 0 bridgehead atoms. The van der Waals surface area contributed by atoms with Gasteiger partial charge in [-0.15, -0.1) is 0 Å². The maximum Gasteiger partial charge on any atom is 0.131 e. The van der Waals surface area contributed by atoms with Gasteiger partial charge in [-0.05, 0) is 25.3 Å². The molecule has 0 aliphatic rings. The van der Waals surface area contributed by atoms with Crippen molar-refractivity contribution < 1.29 is 9.13 Å². The monoisotopic (exact) mass is 253 g/mol. The highest BCUT2D eigenvalue weighted by Gasteiger charge is 2.22. The van der Waals surface area contributed by atoms with Crippen molar-refractivity contribution in [1.29, 1.82) is 0 Å². The number of hydrogen-bond donors (Lipinski definition) is 1. The molecule has 1 aromatic carbocycles. The lowest BCUT2D eigenvalue weighted by Crippen LogP contribution is -2.39. The summed E-state index contributed by atoms with van der Waals surface area (Å²) in [5, 5.41) is 3.43. The van der Waals surface area contributed by atoms with E-state index in [9.17, 15) is 4.39 Å². The number of rotatable bonds is 4. The Labute approximate surface area is 110 Å². The number of halogens is 1. The average Bonchev–Trinajstić information content (AvgIpc) is 2.27. The van der Waals surface area contributed by atoms with Crippen molar-refractivity contribution >= 4 is 0 Å². The molecule has 18 heavy (non-hydrogen) atoms. The molecular formula is C15H24FNO. The molecule has 1 aromatic rings. The minimum Gasteiger partial charge on any atom is -0.497 e. The average molecular weight is 253 g/mol. The van der Waals surface area contributed by atoms with Crippen LogP contribution in [-0.2, 0) is 0 Å². The van der Waals surface area contributed by atoms with Crippen molar-refractivity contribution in [1.82, 2.24) is 5.32 Å². The molecule has 0 fully saturated rings. The van der Waals surface area contributed by atoms with E-state index in [0.717, 1.165) is 0 Å². The Balaban J connectivity index is 2.81. The number of hydrogen-bond acceptors (Lipinski definition) is 2. The third-order valence-electron chi connectivity index (χ3n) is 3.47. The highest BCUT2D eigenvalue weighted by Crippen LogP contribution is 2.25. The number of benzene rings is 1. The summed E-state index contributed by atoms with van der Waals surface area (Å²) < 4.78 is 18.9. The van der Waals surface area contributed by atoms with E-state index in [2.05, 4.69) is 33.0 Å². The van der Waals surface area contributed by atoms with Crippen LogP contribution in [0.15, 0.2) is 18.2 Å². The summed E-state index contributed by atoms with van der Waals surface area (Å²) in [5.74, 6) is 0.322. The minimum absolute atomic E-state index is 0.0230. The SMILES string of the molecule is COc1ccc(C(C)NC(C)C(C)(C)C)c(F)c1. The summed E-state index contributed by atoms with van der Waals surface area (Å²) in [7, 11) is 1.54. The van der Waals surface area contributed by atoms with Gasteiger partial charge in [0.1, 0.15) is 11.6 Å². The van der Waals surface area contributed by atoms with E-state index >= 15 is 0 Å². The zero-order valence-corrected chi connectivity index (χ0v) is 12.2. The summed E-state index contributed by atoms with van der Waals surface area (Å²) >= 11 is 0. The molecule has 2 unspecified atom stereocenters. The molecule has 0 aliphatic carbocycles. The highest BCUT2D eigenvalue weighted by molar-refractivity contribution is 5.30. The summed E-state index contributed by atoms with van der Waals surface area (Å²) in [4.78, 5) is 0. The molecule has 3 heteroatoms. The van der Waals surface area contributed by atoms with Crippen molar-refractivity contribution in [2.75, 3.05) is 7.11 Å². The lowest BCUT2D eigenvalue weighted by molar-refractivity contribution is 0.266. The van der Waals surface area contributed by atoms with Crippen molar-refractivity contribution in [3.05, 3.63) is 29.6 Å². The van der Waals surface area contributed by atoms with Gasteiger partial charge in [-0.3, -0.25) is 0 Å². The van der Waals surface area contributed by atoms with E-state index in [1.54, 1.807) is 12.1 Å². The Morgan fingerprint density at radius 1 is 1.22 bits per heavy atom. The first-order valence-electron chi connectivity index (χ1n) is 6.35. The van der Waals surface area contributed by atoms with Crippen LogP contribution >= 0.6 is 0 Å². The molecule has 1 rings (SSSR count). The number of methoxy groups -OCH3 is 1. The van der Waals surface area contributed by atoms with Crippen LogP contribution in [0.1, 0.15) is 46.2 Å². The zero-order valence-electron chi connectivity index (χ0n) is 12.2. The maximum atomic E-state index is 13.9. The van der Waals surface area contributed by atoms with Crippen molar-refractivity contribution in [3.63, 3.8) is 0 Å². The highest BCUT2D eigenvalue weighted by atomic mass is 19.1. The predicted molar refractivity (Wildman–Crippen MR) is 73.4 cm³/mol. The number of ether oxygens (including phenoxy) is 1. The summed E-state index contributed by atoms with van der Waals surface area (Å²) in [6.07, 6.45) is 0. The van der Waals surface area contributed by atoms with Gasteiger partial charge in [-0.1, -0.05) is 26.8 Å². The van der Waals surface area contributed by atoms with E-state index in [0.29, 0.717) is 17.4 Å². The summed E-state index contributed by atoms with van der Waals surface area (Å²) in [6, 6.07) is 5.27. The molecule has 0 aromatic heterocycles. The quantitative estimate of drug-likeness (QED) is 0.878. The van der Waals surface area contributed by atoms with E-state index < -0.39 is 0 Å². The molecule has 0 heterocycles. The predicted octanol–water partition coefficient (Wildman–Crippen LogP) is 3.92. The van der Waals surface area contributed by atoms with Gasteiger partial charge in [0, 0.05) is 23.7 Å². The second-order valence-corrected chi connectivity index (χ2v) is 5.86. The van der Waals surface area contributed by atoms with E-state index in [-0.39, 0.29) is 17.3 Å². The van der Waals surface area contributed by atoms with Gasteiger partial charge in [0.25, 0.3) is 0 Å². The number of nitrogens with one attached hydrogen (secondary N) is 1. The van der Waals surface area contributed by atoms with Gasteiger partial charge in [0.05, 0.1) is 7.11 Å². The van der Waals surface area contributed by atoms with E-state index in [1.165, 1.54) is 13.2 Å². The van der Waals surface area contributed by atoms with Crippen LogP contribution in [0.5, 0.6) is 5.75 Å². The molecule has 1 N–H and O–H groups in total. The standard InChI is InChI=1S/C15H24FNO/c1-10(17-11(2)15(3,4)5)13-8-7-12(18-6)9-14(13)16/h7-11,17H,1-6H3. The fourth-order valence-corrected chi connectivity index (χ4v) is 1.70. The van der Waals surface area contributed by atoms with Crippen LogP contribution in [0.25, 0.3) is 0 Å². The summed E-state index contributed by atoms with van der Waals surface area (Å²) in [5.41, 5.74) is 0.823. The van der Waals surface area contributed by atoms with Gasteiger partial charge in [0.15, 0.2) is 0 Å². The zero-order chi connectivity index (χ0) is 13.9.